The molecule has 0 aromatic rings. The Kier molecular flexibility index (Phi) is 22.3. The molecule has 0 aromatic heterocycles. The van der Waals surface area contributed by atoms with Crippen molar-refractivity contribution in [1.29, 1.82) is 0 Å². The van der Waals surface area contributed by atoms with E-state index in [1.807, 2.05) is 9.44 Å². The Morgan fingerprint density at radius 2 is 0.957 bits per heavy atom. The number of rotatable bonds is 12. The standard InChI is InChI=1S/2C6H15NO3S.Ca/c2*1-2-3-4-5-6-7-11(8,9)10;/h2*7H,2-6H2,1H3,(H,8,9,10);/q;;+2/p-2. The molecule has 0 bridgehead atoms. The molecule has 0 heterocycles. The minimum absolute atomic E-state index is 0. The van der Waals surface area contributed by atoms with Crippen LogP contribution in [0.1, 0.15) is 65.2 Å². The van der Waals surface area contributed by atoms with Crippen molar-refractivity contribution < 1.29 is 25.9 Å². The van der Waals surface area contributed by atoms with Gasteiger partial charge in [-0.25, -0.2) is 26.3 Å². The number of unbranched alkanes of at least 4 members (excludes halogenated alkanes) is 6. The summed E-state index contributed by atoms with van der Waals surface area (Å²) in [5.74, 6) is 0. The molecule has 0 aliphatic carbocycles. The molecule has 0 amide bonds. The van der Waals surface area contributed by atoms with Crippen LogP contribution in [0.15, 0.2) is 0 Å². The zero-order chi connectivity index (χ0) is 17.5. The van der Waals surface area contributed by atoms with Crippen LogP contribution in [0.25, 0.3) is 0 Å². The third kappa shape index (κ3) is 35.1. The van der Waals surface area contributed by atoms with Gasteiger partial charge in [0.2, 0.25) is 0 Å². The van der Waals surface area contributed by atoms with Crippen LogP contribution >= 0.6 is 0 Å². The van der Waals surface area contributed by atoms with Crippen molar-refractivity contribution in [3.8, 4) is 0 Å². The van der Waals surface area contributed by atoms with Crippen LogP contribution in [0.4, 0.5) is 0 Å². The van der Waals surface area contributed by atoms with Crippen molar-refractivity contribution >= 4 is 58.3 Å². The second-order valence-corrected chi connectivity index (χ2v) is 7.21. The molecule has 11 heteroatoms. The zero-order valence-corrected chi connectivity index (χ0v) is 17.9. The largest absolute Gasteiger partial charge is 2.00 e. The predicted octanol–water partition coefficient (Wildman–Crippen LogP) is 0.852. The van der Waals surface area contributed by atoms with Gasteiger partial charge < -0.3 is 9.11 Å². The molecule has 0 aliphatic heterocycles. The van der Waals surface area contributed by atoms with Crippen molar-refractivity contribution in [2.75, 3.05) is 13.1 Å². The van der Waals surface area contributed by atoms with Crippen molar-refractivity contribution in [3.05, 3.63) is 0 Å². The zero-order valence-electron chi connectivity index (χ0n) is 14.0. The topological polar surface area (TPSA) is 138 Å². The smallest absolute Gasteiger partial charge is 0.735 e. The van der Waals surface area contributed by atoms with E-state index in [1.54, 1.807) is 0 Å². The predicted molar refractivity (Wildman–Crippen MR) is 89.4 cm³/mol. The first-order valence-electron chi connectivity index (χ1n) is 7.53. The van der Waals surface area contributed by atoms with Gasteiger partial charge in [0.25, 0.3) is 0 Å². The van der Waals surface area contributed by atoms with E-state index in [4.69, 9.17) is 0 Å². The Balaban J connectivity index is -0.000000333. The molecule has 0 aromatic carbocycles. The Bertz CT molecular complexity index is 400. The van der Waals surface area contributed by atoms with Gasteiger partial charge in [-0.1, -0.05) is 52.4 Å². The van der Waals surface area contributed by atoms with Crippen molar-refractivity contribution in [2.24, 2.45) is 0 Å². The number of hydrogen-bond donors (Lipinski definition) is 2. The van der Waals surface area contributed by atoms with Gasteiger partial charge in [0.15, 0.2) is 20.6 Å². The van der Waals surface area contributed by atoms with Gasteiger partial charge in [-0.2, -0.15) is 0 Å². The van der Waals surface area contributed by atoms with Gasteiger partial charge >= 0.3 is 37.7 Å². The van der Waals surface area contributed by atoms with Crippen molar-refractivity contribution in [1.82, 2.24) is 9.44 Å². The van der Waals surface area contributed by atoms with Gasteiger partial charge in [0.05, 0.1) is 0 Å². The van der Waals surface area contributed by atoms with Crippen LogP contribution in [0.5, 0.6) is 0 Å². The molecule has 0 radical (unpaired) electrons. The van der Waals surface area contributed by atoms with Crippen LogP contribution in [0.2, 0.25) is 0 Å². The average Bonchev–Trinajstić information content (AvgIpc) is 2.36. The maximum atomic E-state index is 10.00. The summed E-state index contributed by atoms with van der Waals surface area (Å²) >= 11 is 0. The Morgan fingerprint density at radius 3 is 1.17 bits per heavy atom. The summed E-state index contributed by atoms with van der Waals surface area (Å²) < 4.78 is 63.8. The molecule has 0 rings (SSSR count). The normalized spacial score (nSPS) is 11.3. The summed E-state index contributed by atoms with van der Waals surface area (Å²) in [4.78, 5) is 0. The minimum Gasteiger partial charge on any atom is -0.735 e. The molecule has 8 nitrogen and oxygen atoms in total. The minimum atomic E-state index is -4.21. The summed E-state index contributed by atoms with van der Waals surface area (Å²) in [5, 5.41) is 0. The van der Waals surface area contributed by atoms with Gasteiger partial charge in [-0.05, 0) is 12.8 Å². The van der Waals surface area contributed by atoms with E-state index in [1.165, 1.54) is 0 Å². The molecule has 0 atom stereocenters. The van der Waals surface area contributed by atoms with E-state index in [2.05, 4.69) is 13.8 Å². The van der Waals surface area contributed by atoms with Crippen LogP contribution in [0, 0.1) is 0 Å². The molecule has 23 heavy (non-hydrogen) atoms. The molecular weight excluding hydrogens is 372 g/mol. The van der Waals surface area contributed by atoms with Gasteiger partial charge in [-0.15, -0.1) is 0 Å². The first kappa shape index (κ1) is 28.8. The van der Waals surface area contributed by atoms with Crippen molar-refractivity contribution in [2.45, 2.75) is 65.2 Å². The number of hydrogen-bond acceptors (Lipinski definition) is 6. The first-order chi connectivity index (χ1) is 10.1. The fourth-order valence-electron chi connectivity index (χ4n) is 1.50. The van der Waals surface area contributed by atoms with E-state index < -0.39 is 20.6 Å². The summed E-state index contributed by atoms with van der Waals surface area (Å²) in [6.07, 6.45) is 7.80. The molecule has 0 saturated heterocycles. The Morgan fingerprint density at radius 1 is 0.652 bits per heavy atom. The van der Waals surface area contributed by atoms with E-state index in [9.17, 15) is 25.9 Å². The van der Waals surface area contributed by atoms with Crippen LogP contribution in [-0.4, -0.2) is 76.8 Å². The van der Waals surface area contributed by atoms with Crippen molar-refractivity contribution in [3.63, 3.8) is 0 Å². The molecule has 2 N–H and O–H groups in total. The van der Waals surface area contributed by atoms with Gasteiger partial charge in [-0.3, -0.25) is 0 Å². The van der Waals surface area contributed by atoms with Gasteiger partial charge in [0, 0.05) is 13.1 Å². The maximum Gasteiger partial charge on any atom is 2.00 e. The van der Waals surface area contributed by atoms with E-state index in [0.29, 0.717) is 0 Å². The molecule has 136 valence electrons. The van der Waals surface area contributed by atoms with Crippen LogP contribution in [-0.2, 0) is 20.6 Å². The first-order valence-corrected chi connectivity index (χ1v) is 10.3. The summed E-state index contributed by atoms with van der Waals surface area (Å²) in [7, 11) is -8.42. The fraction of sp³-hybridized carbons (Fsp3) is 1.00. The fourth-order valence-corrected chi connectivity index (χ4v) is 2.29. The van der Waals surface area contributed by atoms with E-state index >= 15 is 0 Å². The Labute approximate surface area is 171 Å². The molecule has 0 unspecified atom stereocenters. The second kappa shape index (κ2) is 17.8. The molecule has 0 aliphatic rings. The SMILES string of the molecule is CCCCCCNS(=O)(=O)[O-].CCCCCCNS(=O)(=O)[O-].[Ca+2]. The molecule has 0 spiro atoms. The second-order valence-electron chi connectivity index (χ2n) is 4.82. The number of nitrogens with one attached hydrogen (secondary N) is 2. The van der Waals surface area contributed by atoms with E-state index in [0.717, 1.165) is 51.4 Å². The van der Waals surface area contributed by atoms with Gasteiger partial charge in [0.1, 0.15) is 0 Å². The molecular formula is C12H28CaN2O6S2. The average molecular weight is 401 g/mol. The van der Waals surface area contributed by atoms with Crippen LogP contribution < -0.4 is 9.44 Å². The third-order valence-corrected chi connectivity index (χ3v) is 3.73. The summed E-state index contributed by atoms with van der Waals surface area (Å²) in [5.41, 5.74) is 0. The third-order valence-electron chi connectivity index (χ3n) is 2.62. The van der Waals surface area contributed by atoms with E-state index in [-0.39, 0.29) is 50.8 Å². The molecule has 0 saturated carbocycles. The summed E-state index contributed by atoms with van der Waals surface area (Å²) in [6.45, 7) is 4.67. The monoisotopic (exact) mass is 400 g/mol. The maximum absolute atomic E-state index is 10.00. The van der Waals surface area contributed by atoms with Crippen LogP contribution in [0.3, 0.4) is 0 Å². The summed E-state index contributed by atoms with van der Waals surface area (Å²) in [6, 6.07) is 0. The quantitative estimate of drug-likeness (QED) is 0.283. The molecule has 0 fully saturated rings. The Hall–Kier alpha value is 1.000.